The molecule has 1 aromatic carbocycles. The van der Waals surface area contributed by atoms with Crippen LogP contribution in [0.5, 0.6) is 0 Å². The van der Waals surface area contributed by atoms with Gasteiger partial charge >= 0.3 is 0 Å². The van der Waals surface area contributed by atoms with E-state index in [1.807, 2.05) is 0 Å². The fourth-order valence-corrected chi connectivity index (χ4v) is 2.04. The number of ether oxygens (including phenoxy) is 1. The second kappa shape index (κ2) is 3.66. The van der Waals surface area contributed by atoms with Crippen molar-refractivity contribution in [3.8, 4) is 0 Å². The minimum Gasteiger partial charge on any atom is -0.481 e. The molecule has 0 fully saturated rings. The van der Waals surface area contributed by atoms with Crippen molar-refractivity contribution in [1.29, 1.82) is 0 Å². The summed E-state index contributed by atoms with van der Waals surface area (Å²) in [6, 6.07) is 6.73. The van der Waals surface area contributed by atoms with Crippen molar-refractivity contribution in [2.24, 2.45) is 4.99 Å². The second-order valence-corrected chi connectivity index (χ2v) is 5.46. The van der Waals surface area contributed by atoms with Crippen LogP contribution in [0.25, 0.3) is 0 Å². The van der Waals surface area contributed by atoms with Crippen molar-refractivity contribution in [2.45, 2.75) is 10.9 Å². The Hall–Kier alpha value is -1.36. The van der Waals surface area contributed by atoms with Crippen LogP contribution in [0.3, 0.4) is 0 Å². The SMILES string of the molecule is CS(=O)(=O)c1ccc(C2COC=N2)cc1. The van der Waals surface area contributed by atoms with Gasteiger partial charge in [-0.25, -0.2) is 13.4 Å². The van der Waals surface area contributed by atoms with Gasteiger partial charge in [-0.1, -0.05) is 12.1 Å². The van der Waals surface area contributed by atoms with Crippen molar-refractivity contribution in [2.75, 3.05) is 12.9 Å². The molecule has 5 heteroatoms. The lowest BCUT2D eigenvalue weighted by Gasteiger charge is -2.06. The first kappa shape index (κ1) is 10.2. The minimum atomic E-state index is -3.11. The molecule has 2 rings (SSSR count). The molecular weight excluding hydrogens is 214 g/mol. The summed E-state index contributed by atoms with van der Waals surface area (Å²) in [4.78, 5) is 4.43. The first-order chi connectivity index (χ1) is 7.07. The number of benzene rings is 1. The Labute approximate surface area is 88.5 Å². The van der Waals surface area contributed by atoms with Gasteiger partial charge in [0.05, 0.1) is 4.90 Å². The van der Waals surface area contributed by atoms with E-state index in [2.05, 4.69) is 4.99 Å². The van der Waals surface area contributed by atoms with Crippen molar-refractivity contribution in [1.82, 2.24) is 0 Å². The molecule has 4 nitrogen and oxygen atoms in total. The number of nitrogens with zero attached hydrogens (tertiary/aromatic N) is 1. The highest BCUT2D eigenvalue weighted by Gasteiger charge is 2.15. The highest BCUT2D eigenvalue weighted by molar-refractivity contribution is 7.90. The van der Waals surface area contributed by atoms with Crippen LogP contribution in [-0.2, 0) is 14.6 Å². The van der Waals surface area contributed by atoms with Crippen LogP contribution in [0.15, 0.2) is 34.2 Å². The van der Waals surface area contributed by atoms with E-state index in [1.54, 1.807) is 24.3 Å². The summed E-state index contributed by atoms with van der Waals surface area (Å²) in [5.74, 6) is 0. The quantitative estimate of drug-likeness (QED) is 0.759. The van der Waals surface area contributed by atoms with Crippen molar-refractivity contribution in [3.63, 3.8) is 0 Å². The van der Waals surface area contributed by atoms with E-state index in [0.29, 0.717) is 11.5 Å². The Kier molecular flexibility index (Phi) is 2.48. The van der Waals surface area contributed by atoms with Crippen LogP contribution in [0.2, 0.25) is 0 Å². The molecule has 80 valence electrons. The molecule has 0 aromatic heterocycles. The minimum absolute atomic E-state index is 0.00129. The average Bonchev–Trinajstić information content (AvgIpc) is 2.69. The summed E-state index contributed by atoms with van der Waals surface area (Å²) in [7, 11) is -3.11. The zero-order valence-electron chi connectivity index (χ0n) is 8.25. The molecule has 0 amide bonds. The molecule has 1 aliphatic rings. The van der Waals surface area contributed by atoms with Gasteiger partial charge in [0.15, 0.2) is 16.2 Å². The zero-order chi connectivity index (χ0) is 10.9. The molecule has 1 heterocycles. The van der Waals surface area contributed by atoms with Gasteiger partial charge in [-0.2, -0.15) is 0 Å². The maximum atomic E-state index is 11.2. The van der Waals surface area contributed by atoms with Crippen molar-refractivity contribution >= 4 is 16.2 Å². The largest absolute Gasteiger partial charge is 0.481 e. The lowest BCUT2D eigenvalue weighted by molar-refractivity contribution is 0.330. The first-order valence-corrected chi connectivity index (χ1v) is 6.40. The maximum Gasteiger partial charge on any atom is 0.175 e. The van der Waals surface area contributed by atoms with E-state index in [9.17, 15) is 8.42 Å². The molecule has 0 radical (unpaired) electrons. The van der Waals surface area contributed by atoms with E-state index in [1.165, 1.54) is 12.7 Å². The monoisotopic (exact) mass is 225 g/mol. The molecule has 0 N–H and O–H groups in total. The normalized spacial score (nSPS) is 20.2. The smallest absolute Gasteiger partial charge is 0.175 e. The molecular formula is C10H11NO3S. The second-order valence-electron chi connectivity index (χ2n) is 3.44. The Morgan fingerprint density at radius 3 is 2.47 bits per heavy atom. The molecule has 0 aliphatic carbocycles. The average molecular weight is 225 g/mol. The number of hydrogen-bond donors (Lipinski definition) is 0. The van der Waals surface area contributed by atoms with Crippen molar-refractivity contribution in [3.05, 3.63) is 29.8 Å². The third-order valence-electron chi connectivity index (χ3n) is 2.26. The van der Waals surface area contributed by atoms with Crippen LogP contribution >= 0.6 is 0 Å². The molecule has 1 aliphatic heterocycles. The van der Waals surface area contributed by atoms with Gasteiger partial charge < -0.3 is 4.74 Å². The predicted molar refractivity (Wildman–Crippen MR) is 56.7 cm³/mol. The highest BCUT2D eigenvalue weighted by Crippen LogP contribution is 2.22. The van der Waals surface area contributed by atoms with E-state index >= 15 is 0 Å². The number of aliphatic imine (C=N–C) groups is 1. The van der Waals surface area contributed by atoms with Crippen LogP contribution in [-0.4, -0.2) is 27.7 Å². The van der Waals surface area contributed by atoms with Crippen LogP contribution in [0.4, 0.5) is 0 Å². The standard InChI is InChI=1S/C10H11NO3S/c1-15(12,13)9-4-2-8(3-5-9)10-6-14-7-11-10/h2-5,7,10H,6H2,1H3. The summed E-state index contributed by atoms with van der Waals surface area (Å²) in [5, 5.41) is 0. The van der Waals surface area contributed by atoms with Gasteiger partial charge in [0.1, 0.15) is 12.6 Å². The maximum absolute atomic E-state index is 11.2. The van der Waals surface area contributed by atoms with Gasteiger partial charge in [-0.05, 0) is 17.7 Å². The summed E-state index contributed by atoms with van der Waals surface area (Å²) in [6.45, 7) is 0.526. The Morgan fingerprint density at radius 1 is 1.33 bits per heavy atom. The van der Waals surface area contributed by atoms with E-state index in [0.717, 1.165) is 5.56 Å². The first-order valence-electron chi connectivity index (χ1n) is 4.50. The van der Waals surface area contributed by atoms with Gasteiger partial charge in [0, 0.05) is 6.26 Å². The number of rotatable bonds is 2. The van der Waals surface area contributed by atoms with Crippen molar-refractivity contribution < 1.29 is 13.2 Å². The lowest BCUT2D eigenvalue weighted by atomic mass is 10.1. The summed E-state index contributed by atoms with van der Waals surface area (Å²) in [6.07, 6.45) is 2.62. The van der Waals surface area contributed by atoms with Gasteiger partial charge in [-0.15, -0.1) is 0 Å². The summed E-state index contributed by atoms with van der Waals surface area (Å²) < 4.78 is 27.4. The van der Waals surface area contributed by atoms with E-state index in [-0.39, 0.29) is 6.04 Å². The van der Waals surface area contributed by atoms with Gasteiger partial charge in [0.25, 0.3) is 0 Å². The Bertz CT molecular complexity index is 476. The predicted octanol–water partition coefficient (Wildman–Crippen LogP) is 1.19. The molecule has 1 atom stereocenters. The molecule has 1 aromatic rings. The van der Waals surface area contributed by atoms with Crippen LogP contribution < -0.4 is 0 Å². The van der Waals surface area contributed by atoms with E-state index in [4.69, 9.17) is 4.74 Å². The molecule has 0 saturated heterocycles. The van der Waals surface area contributed by atoms with Gasteiger partial charge in [0.2, 0.25) is 0 Å². The highest BCUT2D eigenvalue weighted by atomic mass is 32.2. The fourth-order valence-electron chi connectivity index (χ4n) is 1.41. The number of sulfone groups is 1. The topological polar surface area (TPSA) is 55.7 Å². The Morgan fingerprint density at radius 2 is 2.00 bits per heavy atom. The number of hydrogen-bond acceptors (Lipinski definition) is 4. The summed E-state index contributed by atoms with van der Waals surface area (Å²) in [5.41, 5.74) is 0.969. The summed E-state index contributed by atoms with van der Waals surface area (Å²) >= 11 is 0. The third-order valence-corrected chi connectivity index (χ3v) is 3.39. The van der Waals surface area contributed by atoms with Gasteiger partial charge in [-0.3, -0.25) is 0 Å². The molecule has 15 heavy (non-hydrogen) atoms. The molecule has 1 unspecified atom stereocenters. The zero-order valence-corrected chi connectivity index (χ0v) is 9.07. The fraction of sp³-hybridized carbons (Fsp3) is 0.300. The molecule has 0 bridgehead atoms. The lowest BCUT2D eigenvalue weighted by Crippen LogP contribution is -2.00. The van der Waals surface area contributed by atoms with Crippen LogP contribution in [0, 0.1) is 0 Å². The van der Waals surface area contributed by atoms with Crippen LogP contribution in [0.1, 0.15) is 11.6 Å². The molecule has 0 spiro atoms. The van der Waals surface area contributed by atoms with E-state index < -0.39 is 9.84 Å². The molecule has 0 saturated carbocycles. The third kappa shape index (κ3) is 2.18. The Balaban J connectivity index is 2.28.